The number of hydrogen-bond donors (Lipinski definition) is 1. The van der Waals surface area contributed by atoms with Crippen LogP contribution in [0.25, 0.3) is 6.08 Å². The van der Waals surface area contributed by atoms with Gasteiger partial charge in [0.25, 0.3) is 0 Å². The molecule has 2 unspecified atom stereocenters. The van der Waals surface area contributed by atoms with Gasteiger partial charge in [-0.3, -0.25) is 9.59 Å². The molecule has 0 amide bonds. The van der Waals surface area contributed by atoms with Gasteiger partial charge in [0.1, 0.15) is 5.78 Å². The molecule has 1 aromatic carbocycles. The quantitative estimate of drug-likeness (QED) is 0.647. The number of allylic oxidation sites excluding steroid dienone is 1. The number of ketones is 1. The Morgan fingerprint density at radius 1 is 1.25 bits per heavy atom. The van der Waals surface area contributed by atoms with Gasteiger partial charge in [-0.1, -0.05) is 61.2 Å². The van der Waals surface area contributed by atoms with E-state index < -0.39 is 5.97 Å². The molecule has 1 aliphatic carbocycles. The molecule has 1 aromatic rings. The first kappa shape index (κ1) is 18.4. The molecule has 3 heteroatoms. The maximum absolute atomic E-state index is 12.1. The monoisotopic (exact) mass is 328 g/mol. The van der Waals surface area contributed by atoms with E-state index in [0.717, 1.165) is 38.5 Å². The molecule has 0 bridgehead atoms. The van der Waals surface area contributed by atoms with Gasteiger partial charge in [0, 0.05) is 18.8 Å². The third-order valence-corrected chi connectivity index (χ3v) is 4.89. The minimum absolute atomic E-state index is 0.158. The summed E-state index contributed by atoms with van der Waals surface area (Å²) in [6, 6.07) is 8.40. The van der Waals surface area contributed by atoms with Crippen LogP contribution in [0.1, 0.15) is 62.5 Å². The molecule has 130 valence electrons. The van der Waals surface area contributed by atoms with E-state index in [4.69, 9.17) is 5.11 Å². The molecule has 0 saturated heterocycles. The highest BCUT2D eigenvalue weighted by molar-refractivity contribution is 5.84. The van der Waals surface area contributed by atoms with Crippen LogP contribution in [0.3, 0.4) is 0 Å². The molecule has 2 rings (SSSR count). The van der Waals surface area contributed by atoms with Crippen molar-refractivity contribution in [3.63, 3.8) is 0 Å². The van der Waals surface area contributed by atoms with Crippen molar-refractivity contribution >= 4 is 17.8 Å². The topological polar surface area (TPSA) is 54.4 Å². The lowest BCUT2D eigenvalue weighted by molar-refractivity contribution is -0.137. The molecular weight excluding hydrogens is 300 g/mol. The van der Waals surface area contributed by atoms with Gasteiger partial charge in [-0.05, 0) is 37.7 Å². The molecule has 0 spiro atoms. The van der Waals surface area contributed by atoms with Crippen molar-refractivity contribution < 1.29 is 14.7 Å². The largest absolute Gasteiger partial charge is 0.481 e. The summed E-state index contributed by atoms with van der Waals surface area (Å²) < 4.78 is 0. The van der Waals surface area contributed by atoms with Crippen molar-refractivity contribution in [3.8, 4) is 0 Å². The standard InChI is InChI=1S/C21H28O3/c1-16-7-6-8-17(15-16)11-12-18-13-14-20(22)19(18)9-4-2-3-5-10-21(23)24/h6-8,11-12,15,18-19H,2-5,9-10,13-14H2,1H3,(H,23,24). The van der Waals surface area contributed by atoms with Crippen LogP contribution < -0.4 is 0 Å². The maximum Gasteiger partial charge on any atom is 0.303 e. The van der Waals surface area contributed by atoms with E-state index in [1.807, 2.05) is 0 Å². The second-order valence-corrected chi connectivity index (χ2v) is 6.90. The Balaban J connectivity index is 1.79. The van der Waals surface area contributed by atoms with Crippen molar-refractivity contribution in [3.05, 3.63) is 41.5 Å². The highest BCUT2D eigenvalue weighted by Crippen LogP contribution is 2.34. The Bertz CT molecular complexity index is 589. The molecule has 24 heavy (non-hydrogen) atoms. The van der Waals surface area contributed by atoms with Gasteiger partial charge in [0.05, 0.1) is 0 Å². The molecule has 0 heterocycles. The Labute approximate surface area is 144 Å². The lowest BCUT2D eigenvalue weighted by atomic mass is 9.89. The molecule has 0 radical (unpaired) electrons. The van der Waals surface area contributed by atoms with Crippen LogP contribution >= 0.6 is 0 Å². The number of aliphatic carboxylic acids is 1. The number of rotatable bonds is 9. The molecule has 1 N–H and O–H groups in total. The zero-order valence-electron chi connectivity index (χ0n) is 14.5. The third-order valence-electron chi connectivity index (χ3n) is 4.89. The summed E-state index contributed by atoms with van der Waals surface area (Å²) >= 11 is 0. The van der Waals surface area contributed by atoms with Gasteiger partial charge in [-0.15, -0.1) is 0 Å². The number of carbonyl (C=O) groups is 2. The van der Waals surface area contributed by atoms with Gasteiger partial charge in [-0.2, -0.15) is 0 Å². The first-order valence-electron chi connectivity index (χ1n) is 9.05. The number of carbonyl (C=O) groups excluding carboxylic acids is 1. The SMILES string of the molecule is Cc1cccc(C=CC2CCC(=O)C2CCCCCCC(=O)O)c1. The van der Waals surface area contributed by atoms with E-state index in [-0.39, 0.29) is 12.3 Å². The highest BCUT2D eigenvalue weighted by atomic mass is 16.4. The molecule has 0 aromatic heterocycles. The van der Waals surface area contributed by atoms with Crippen LogP contribution in [-0.2, 0) is 9.59 Å². The summed E-state index contributed by atoms with van der Waals surface area (Å²) in [5.41, 5.74) is 2.44. The smallest absolute Gasteiger partial charge is 0.303 e. The molecule has 1 fully saturated rings. The molecule has 3 nitrogen and oxygen atoms in total. The van der Waals surface area contributed by atoms with E-state index in [0.29, 0.717) is 18.1 Å². The molecule has 2 atom stereocenters. The zero-order chi connectivity index (χ0) is 17.4. The second-order valence-electron chi connectivity index (χ2n) is 6.90. The van der Waals surface area contributed by atoms with Crippen LogP contribution in [0.15, 0.2) is 30.3 Å². The minimum atomic E-state index is -0.720. The van der Waals surface area contributed by atoms with Gasteiger partial charge in [-0.25, -0.2) is 0 Å². The number of Topliss-reactive ketones (excluding diaryl/α,β-unsaturated/α-hetero) is 1. The fourth-order valence-electron chi connectivity index (χ4n) is 3.54. The number of hydrogen-bond acceptors (Lipinski definition) is 2. The van der Waals surface area contributed by atoms with Crippen molar-refractivity contribution in [2.75, 3.05) is 0 Å². The van der Waals surface area contributed by atoms with Crippen LogP contribution in [0.4, 0.5) is 0 Å². The Hall–Kier alpha value is -1.90. The van der Waals surface area contributed by atoms with Gasteiger partial charge < -0.3 is 5.11 Å². The van der Waals surface area contributed by atoms with Gasteiger partial charge in [0.15, 0.2) is 0 Å². The van der Waals surface area contributed by atoms with E-state index in [1.165, 1.54) is 11.1 Å². The van der Waals surface area contributed by atoms with Crippen molar-refractivity contribution in [2.24, 2.45) is 11.8 Å². The lowest BCUT2D eigenvalue weighted by Gasteiger charge is -2.14. The Morgan fingerprint density at radius 2 is 2.04 bits per heavy atom. The Kier molecular flexibility index (Phi) is 7.23. The second kappa shape index (κ2) is 9.41. The average Bonchev–Trinajstić information content (AvgIpc) is 2.89. The number of aryl methyl sites for hydroxylation is 1. The summed E-state index contributed by atoms with van der Waals surface area (Å²) in [6.07, 6.45) is 10.9. The van der Waals surface area contributed by atoms with Crippen molar-refractivity contribution in [1.29, 1.82) is 0 Å². The van der Waals surface area contributed by atoms with E-state index in [2.05, 4.69) is 43.3 Å². The molecule has 1 aliphatic rings. The maximum atomic E-state index is 12.1. The fourth-order valence-corrected chi connectivity index (χ4v) is 3.54. The van der Waals surface area contributed by atoms with Crippen LogP contribution in [0.2, 0.25) is 0 Å². The summed E-state index contributed by atoms with van der Waals surface area (Å²) in [5.74, 6) is 0.198. The summed E-state index contributed by atoms with van der Waals surface area (Å²) in [6.45, 7) is 2.09. The molecule has 1 saturated carbocycles. The normalized spacial score (nSPS) is 20.8. The highest BCUT2D eigenvalue weighted by Gasteiger charge is 2.32. The van der Waals surface area contributed by atoms with E-state index >= 15 is 0 Å². The predicted octanol–water partition coefficient (Wildman–Crippen LogP) is 5.03. The van der Waals surface area contributed by atoms with Gasteiger partial charge in [0.2, 0.25) is 0 Å². The number of carboxylic acid groups (broad SMARTS) is 1. The molecular formula is C21H28O3. The van der Waals surface area contributed by atoms with Crippen molar-refractivity contribution in [2.45, 2.75) is 58.3 Å². The summed E-state index contributed by atoms with van der Waals surface area (Å²) in [7, 11) is 0. The minimum Gasteiger partial charge on any atom is -0.481 e. The number of unbranched alkanes of at least 4 members (excludes halogenated alkanes) is 3. The van der Waals surface area contributed by atoms with E-state index in [1.54, 1.807) is 0 Å². The van der Waals surface area contributed by atoms with Crippen LogP contribution in [0.5, 0.6) is 0 Å². The number of benzene rings is 1. The lowest BCUT2D eigenvalue weighted by Crippen LogP contribution is -2.13. The number of carboxylic acids is 1. The Morgan fingerprint density at radius 3 is 2.79 bits per heavy atom. The summed E-state index contributed by atoms with van der Waals surface area (Å²) in [5, 5.41) is 8.63. The first-order valence-corrected chi connectivity index (χ1v) is 9.05. The first-order chi connectivity index (χ1) is 11.6. The van der Waals surface area contributed by atoms with Crippen LogP contribution in [-0.4, -0.2) is 16.9 Å². The van der Waals surface area contributed by atoms with E-state index in [9.17, 15) is 9.59 Å². The average molecular weight is 328 g/mol. The fraction of sp³-hybridized carbons (Fsp3) is 0.524. The predicted molar refractivity (Wildman–Crippen MR) is 96.8 cm³/mol. The third kappa shape index (κ3) is 5.95. The zero-order valence-corrected chi connectivity index (χ0v) is 14.5. The van der Waals surface area contributed by atoms with Crippen LogP contribution in [0, 0.1) is 18.8 Å². The van der Waals surface area contributed by atoms with Crippen molar-refractivity contribution in [1.82, 2.24) is 0 Å². The summed E-state index contributed by atoms with van der Waals surface area (Å²) in [4.78, 5) is 22.6. The van der Waals surface area contributed by atoms with Gasteiger partial charge >= 0.3 is 5.97 Å². The molecule has 0 aliphatic heterocycles.